The molecule has 1 aliphatic heterocycles. The van der Waals surface area contributed by atoms with Crippen molar-refractivity contribution in [3.05, 3.63) is 30.1 Å². The first-order valence-corrected chi connectivity index (χ1v) is 10.9. The van der Waals surface area contributed by atoms with Crippen molar-refractivity contribution < 1.29 is 22.6 Å². The van der Waals surface area contributed by atoms with Gasteiger partial charge < -0.3 is 19.1 Å². The molecule has 1 saturated heterocycles. The van der Waals surface area contributed by atoms with E-state index in [1.165, 1.54) is 26.4 Å². The average Bonchev–Trinajstić information content (AvgIpc) is 3.25. The molecule has 0 spiro atoms. The van der Waals surface area contributed by atoms with E-state index in [2.05, 4.69) is 19.6 Å². The first kappa shape index (κ1) is 21.1. The molecule has 0 atom stereocenters. The molecule has 1 aromatic carbocycles. The van der Waals surface area contributed by atoms with Crippen molar-refractivity contribution in [2.45, 2.75) is 24.7 Å². The molecule has 0 saturated carbocycles. The number of anilines is 1. The van der Waals surface area contributed by atoms with E-state index in [1.54, 1.807) is 12.1 Å². The number of aromatic nitrogens is 2. The second kappa shape index (κ2) is 9.27. The summed E-state index contributed by atoms with van der Waals surface area (Å²) < 4.78 is 43.5. The molecule has 0 aliphatic carbocycles. The van der Waals surface area contributed by atoms with E-state index >= 15 is 0 Å². The molecule has 29 heavy (non-hydrogen) atoms. The highest BCUT2D eigenvalue weighted by atomic mass is 32.2. The van der Waals surface area contributed by atoms with Gasteiger partial charge in [-0.15, -0.1) is 0 Å². The quantitative estimate of drug-likeness (QED) is 0.610. The van der Waals surface area contributed by atoms with Crippen molar-refractivity contribution in [1.82, 2.24) is 14.7 Å². The standard InChI is InChI=1S/C19H26N4O5S/c1-14-21-18(23-9-4-5-10-23)13-19(22-14)28-11-8-20-29(24,25)15-6-7-16(26-2)17(12-15)27-3/h6-7,12-13,20H,4-5,8-11H2,1-3H3. The number of ether oxygens (including phenoxy) is 3. The van der Waals surface area contributed by atoms with Gasteiger partial charge in [0.15, 0.2) is 11.5 Å². The molecule has 1 aliphatic rings. The summed E-state index contributed by atoms with van der Waals surface area (Å²) in [5, 5.41) is 0. The second-order valence-electron chi connectivity index (χ2n) is 6.57. The van der Waals surface area contributed by atoms with Crippen LogP contribution in [0.2, 0.25) is 0 Å². The maximum absolute atomic E-state index is 12.5. The summed E-state index contributed by atoms with van der Waals surface area (Å²) in [5.74, 6) is 2.70. The normalized spacial score (nSPS) is 14.1. The number of hydrogen-bond donors (Lipinski definition) is 1. The Morgan fingerprint density at radius 1 is 1.07 bits per heavy atom. The number of nitrogens with one attached hydrogen (secondary N) is 1. The molecule has 3 rings (SSSR count). The number of sulfonamides is 1. The Kier molecular flexibility index (Phi) is 6.75. The summed E-state index contributed by atoms with van der Waals surface area (Å²) >= 11 is 0. The van der Waals surface area contributed by atoms with Crippen molar-refractivity contribution >= 4 is 15.8 Å². The van der Waals surface area contributed by atoms with Crippen molar-refractivity contribution in [3.63, 3.8) is 0 Å². The van der Waals surface area contributed by atoms with Gasteiger partial charge in [-0.2, -0.15) is 4.98 Å². The molecule has 10 heteroatoms. The minimum atomic E-state index is -3.71. The van der Waals surface area contributed by atoms with Gasteiger partial charge in [0, 0.05) is 31.8 Å². The molecule has 158 valence electrons. The van der Waals surface area contributed by atoms with Crippen LogP contribution in [0.3, 0.4) is 0 Å². The zero-order valence-electron chi connectivity index (χ0n) is 16.8. The third kappa shape index (κ3) is 5.27. The molecule has 0 radical (unpaired) electrons. The summed E-state index contributed by atoms with van der Waals surface area (Å²) in [5.41, 5.74) is 0. The van der Waals surface area contributed by atoms with Crippen LogP contribution in [0, 0.1) is 6.92 Å². The Hall–Kier alpha value is -2.59. The van der Waals surface area contributed by atoms with E-state index < -0.39 is 10.0 Å². The highest BCUT2D eigenvalue weighted by Crippen LogP contribution is 2.29. The van der Waals surface area contributed by atoms with Crippen LogP contribution >= 0.6 is 0 Å². The Balaban J connectivity index is 1.58. The lowest BCUT2D eigenvalue weighted by atomic mass is 10.3. The van der Waals surface area contributed by atoms with Gasteiger partial charge in [0.25, 0.3) is 0 Å². The molecular formula is C19H26N4O5S. The fourth-order valence-electron chi connectivity index (χ4n) is 3.11. The number of rotatable bonds is 9. The van der Waals surface area contributed by atoms with Gasteiger partial charge in [-0.05, 0) is 31.9 Å². The van der Waals surface area contributed by atoms with E-state index in [1.807, 2.05) is 6.92 Å². The minimum Gasteiger partial charge on any atom is -0.493 e. The molecule has 2 heterocycles. The van der Waals surface area contributed by atoms with E-state index in [0.29, 0.717) is 23.2 Å². The maximum Gasteiger partial charge on any atom is 0.240 e. The largest absolute Gasteiger partial charge is 0.493 e. The molecule has 1 aromatic heterocycles. The van der Waals surface area contributed by atoms with E-state index in [9.17, 15) is 8.42 Å². The molecule has 0 amide bonds. The summed E-state index contributed by atoms with van der Waals surface area (Å²) in [6.07, 6.45) is 2.30. The van der Waals surface area contributed by atoms with Gasteiger partial charge in [-0.1, -0.05) is 0 Å². The molecule has 0 unspecified atom stereocenters. The van der Waals surface area contributed by atoms with Crippen LogP contribution in [0.5, 0.6) is 17.4 Å². The van der Waals surface area contributed by atoms with Crippen molar-refractivity contribution in [1.29, 1.82) is 0 Å². The lowest BCUT2D eigenvalue weighted by molar-refractivity contribution is 0.309. The highest BCUT2D eigenvalue weighted by Gasteiger charge is 2.18. The Bertz CT molecular complexity index is 946. The first-order valence-electron chi connectivity index (χ1n) is 9.38. The van der Waals surface area contributed by atoms with E-state index in [4.69, 9.17) is 14.2 Å². The summed E-state index contributed by atoms with van der Waals surface area (Å²) in [4.78, 5) is 11.0. The van der Waals surface area contributed by atoms with Crippen molar-refractivity contribution in [3.8, 4) is 17.4 Å². The Morgan fingerprint density at radius 2 is 1.79 bits per heavy atom. The topological polar surface area (TPSA) is 103 Å². The van der Waals surface area contributed by atoms with Gasteiger partial charge in [0.1, 0.15) is 18.2 Å². The Labute approximate surface area is 171 Å². The van der Waals surface area contributed by atoms with Crippen LogP contribution in [0.4, 0.5) is 5.82 Å². The Morgan fingerprint density at radius 3 is 2.48 bits per heavy atom. The molecule has 1 N–H and O–H groups in total. The van der Waals surface area contributed by atoms with Gasteiger partial charge in [0.05, 0.1) is 19.1 Å². The SMILES string of the molecule is COc1ccc(S(=O)(=O)NCCOc2cc(N3CCCC3)nc(C)n2)cc1OC. The van der Waals surface area contributed by atoms with Crippen LogP contribution in [0.1, 0.15) is 18.7 Å². The van der Waals surface area contributed by atoms with Crippen LogP contribution in [-0.4, -0.2) is 58.8 Å². The monoisotopic (exact) mass is 422 g/mol. The fourth-order valence-corrected chi connectivity index (χ4v) is 4.13. The summed E-state index contributed by atoms with van der Waals surface area (Å²) in [6.45, 7) is 4.00. The molecule has 9 nitrogen and oxygen atoms in total. The van der Waals surface area contributed by atoms with Crippen LogP contribution in [-0.2, 0) is 10.0 Å². The lowest BCUT2D eigenvalue weighted by Crippen LogP contribution is -2.28. The number of benzene rings is 1. The maximum atomic E-state index is 12.5. The third-order valence-corrected chi connectivity index (χ3v) is 6.00. The van der Waals surface area contributed by atoms with Gasteiger partial charge in [0.2, 0.25) is 15.9 Å². The predicted molar refractivity (Wildman–Crippen MR) is 108 cm³/mol. The average molecular weight is 423 g/mol. The molecule has 0 bridgehead atoms. The van der Waals surface area contributed by atoms with Crippen LogP contribution < -0.4 is 23.8 Å². The summed E-state index contributed by atoms with van der Waals surface area (Å²) in [7, 11) is -0.763. The third-order valence-electron chi connectivity index (χ3n) is 4.54. The molecule has 1 fully saturated rings. The fraction of sp³-hybridized carbons (Fsp3) is 0.474. The number of aryl methyl sites for hydroxylation is 1. The van der Waals surface area contributed by atoms with E-state index in [0.717, 1.165) is 31.7 Å². The van der Waals surface area contributed by atoms with Crippen molar-refractivity contribution in [2.75, 3.05) is 45.4 Å². The number of nitrogens with zero attached hydrogens (tertiary/aromatic N) is 3. The van der Waals surface area contributed by atoms with Gasteiger partial charge in [-0.3, -0.25) is 0 Å². The summed E-state index contributed by atoms with van der Waals surface area (Å²) in [6, 6.07) is 6.22. The second-order valence-corrected chi connectivity index (χ2v) is 8.34. The lowest BCUT2D eigenvalue weighted by Gasteiger charge is -2.17. The van der Waals surface area contributed by atoms with Crippen molar-refractivity contribution in [2.24, 2.45) is 0 Å². The first-order chi connectivity index (χ1) is 13.9. The zero-order valence-corrected chi connectivity index (χ0v) is 17.7. The molecule has 2 aromatic rings. The predicted octanol–water partition coefficient (Wildman–Crippen LogP) is 1.76. The minimum absolute atomic E-state index is 0.0874. The zero-order chi connectivity index (χ0) is 20.9. The number of methoxy groups -OCH3 is 2. The van der Waals surface area contributed by atoms with Gasteiger partial charge >= 0.3 is 0 Å². The van der Waals surface area contributed by atoms with Gasteiger partial charge in [-0.25, -0.2) is 18.1 Å². The number of hydrogen-bond acceptors (Lipinski definition) is 8. The highest BCUT2D eigenvalue weighted by molar-refractivity contribution is 7.89. The van der Waals surface area contributed by atoms with E-state index in [-0.39, 0.29) is 18.0 Å². The smallest absolute Gasteiger partial charge is 0.240 e. The van der Waals surface area contributed by atoms with Crippen LogP contribution in [0.15, 0.2) is 29.2 Å². The molecular weight excluding hydrogens is 396 g/mol. The van der Waals surface area contributed by atoms with Crippen LogP contribution in [0.25, 0.3) is 0 Å².